The maximum atomic E-state index is 12.1. The van der Waals surface area contributed by atoms with Crippen molar-refractivity contribution in [3.8, 4) is 0 Å². The van der Waals surface area contributed by atoms with Crippen LogP contribution in [0.2, 0.25) is 0 Å². The van der Waals surface area contributed by atoms with E-state index in [-0.39, 0.29) is 11.9 Å². The summed E-state index contributed by atoms with van der Waals surface area (Å²) in [6.45, 7) is 5.93. The van der Waals surface area contributed by atoms with Gasteiger partial charge in [-0.05, 0) is 24.8 Å². The Hall–Kier alpha value is -1.36. The van der Waals surface area contributed by atoms with E-state index < -0.39 is 0 Å². The lowest BCUT2D eigenvalue weighted by Gasteiger charge is -2.16. The number of carbonyl (C=O) groups is 1. The summed E-state index contributed by atoms with van der Waals surface area (Å²) in [5.74, 6) is 0.575. The molecule has 0 spiro atoms. The van der Waals surface area contributed by atoms with Gasteiger partial charge in [0.15, 0.2) is 0 Å². The zero-order valence-corrected chi connectivity index (χ0v) is 11.2. The van der Waals surface area contributed by atoms with Crippen LogP contribution in [0.25, 0.3) is 0 Å². The first-order valence-electron chi connectivity index (χ1n) is 6.62. The summed E-state index contributed by atoms with van der Waals surface area (Å²) >= 11 is 0. The van der Waals surface area contributed by atoms with E-state index in [0.717, 1.165) is 24.9 Å². The van der Waals surface area contributed by atoms with E-state index in [1.165, 1.54) is 0 Å². The summed E-state index contributed by atoms with van der Waals surface area (Å²) in [4.78, 5) is 14.0. The largest absolute Gasteiger partial charge is 0.339 e. The van der Waals surface area contributed by atoms with Crippen molar-refractivity contribution >= 4 is 5.91 Å². The Morgan fingerprint density at radius 2 is 2.33 bits per heavy atom. The Bertz CT molecular complexity index is 415. The first-order chi connectivity index (χ1) is 8.60. The summed E-state index contributed by atoms with van der Waals surface area (Å²) in [5, 5.41) is 4.14. The average Bonchev–Trinajstić information content (AvgIpc) is 2.87. The predicted molar refractivity (Wildman–Crippen MR) is 69.9 cm³/mol. The summed E-state index contributed by atoms with van der Waals surface area (Å²) in [5.41, 5.74) is 7.15. The monoisotopic (exact) mass is 250 g/mol. The molecule has 18 heavy (non-hydrogen) atoms. The molecule has 2 N–H and O–H groups in total. The molecule has 0 radical (unpaired) electrons. The second kappa shape index (κ2) is 5.52. The number of likely N-dealkylation sites (tertiary alicyclic amines) is 1. The molecule has 5 heteroatoms. The molecular formula is C13H22N4O. The van der Waals surface area contributed by atoms with Crippen LogP contribution in [0.4, 0.5) is 0 Å². The first-order valence-corrected chi connectivity index (χ1v) is 6.62. The highest BCUT2D eigenvalue weighted by Gasteiger charge is 2.32. The number of nitrogens with zero attached hydrogens (tertiary/aromatic N) is 3. The second-order valence-electron chi connectivity index (χ2n) is 5.23. The van der Waals surface area contributed by atoms with E-state index in [0.29, 0.717) is 19.0 Å². The molecule has 2 heterocycles. The molecule has 1 amide bonds. The maximum absolute atomic E-state index is 12.1. The zero-order valence-electron chi connectivity index (χ0n) is 11.2. The quantitative estimate of drug-likeness (QED) is 0.858. The number of amides is 1. The van der Waals surface area contributed by atoms with Gasteiger partial charge in [0, 0.05) is 25.3 Å². The number of hydrogen-bond acceptors (Lipinski definition) is 3. The van der Waals surface area contributed by atoms with Crippen molar-refractivity contribution in [2.45, 2.75) is 39.3 Å². The van der Waals surface area contributed by atoms with Crippen LogP contribution in [0.5, 0.6) is 0 Å². The number of rotatable bonds is 4. The van der Waals surface area contributed by atoms with Crippen molar-refractivity contribution in [3.63, 3.8) is 0 Å². The SMILES string of the molecule is CCC[C@H]1CN(C(=O)Cn2cc(C)cn2)C[C@@H]1N. The van der Waals surface area contributed by atoms with Crippen molar-refractivity contribution in [3.05, 3.63) is 18.0 Å². The molecule has 1 fully saturated rings. The molecule has 0 saturated carbocycles. The highest BCUT2D eigenvalue weighted by atomic mass is 16.2. The molecule has 0 aromatic carbocycles. The van der Waals surface area contributed by atoms with E-state index in [9.17, 15) is 4.79 Å². The van der Waals surface area contributed by atoms with E-state index in [4.69, 9.17) is 5.73 Å². The number of aryl methyl sites for hydroxylation is 1. The number of aromatic nitrogens is 2. The minimum Gasteiger partial charge on any atom is -0.339 e. The Labute approximate surface area is 108 Å². The lowest BCUT2D eigenvalue weighted by molar-refractivity contribution is -0.131. The summed E-state index contributed by atoms with van der Waals surface area (Å²) in [7, 11) is 0. The lowest BCUT2D eigenvalue weighted by Crippen LogP contribution is -2.34. The third-order valence-electron chi connectivity index (χ3n) is 3.56. The zero-order chi connectivity index (χ0) is 13.1. The fraction of sp³-hybridized carbons (Fsp3) is 0.692. The highest BCUT2D eigenvalue weighted by Crippen LogP contribution is 2.20. The van der Waals surface area contributed by atoms with E-state index in [2.05, 4.69) is 12.0 Å². The van der Waals surface area contributed by atoms with Crippen molar-refractivity contribution in [2.75, 3.05) is 13.1 Å². The van der Waals surface area contributed by atoms with Crippen molar-refractivity contribution in [1.29, 1.82) is 0 Å². The Balaban J connectivity index is 1.90. The van der Waals surface area contributed by atoms with Gasteiger partial charge < -0.3 is 10.6 Å². The standard InChI is InChI=1S/C13H22N4O/c1-3-4-11-7-16(8-12(11)14)13(18)9-17-6-10(2)5-15-17/h5-6,11-12H,3-4,7-9,14H2,1-2H3/t11-,12-/m0/s1. The Kier molecular flexibility index (Phi) is 4.01. The van der Waals surface area contributed by atoms with Gasteiger partial charge in [0.1, 0.15) is 6.54 Å². The number of nitrogens with two attached hydrogens (primary N) is 1. The van der Waals surface area contributed by atoms with Crippen LogP contribution in [0.15, 0.2) is 12.4 Å². The molecule has 100 valence electrons. The molecule has 1 saturated heterocycles. The molecule has 1 aromatic heterocycles. The van der Waals surface area contributed by atoms with E-state index in [1.54, 1.807) is 10.9 Å². The predicted octanol–water partition coefficient (Wildman–Crippen LogP) is 0.777. The summed E-state index contributed by atoms with van der Waals surface area (Å²) in [6, 6.07) is 0.133. The van der Waals surface area contributed by atoms with Crippen molar-refractivity contribution in [1.82, 2.24) is 14.7 Å². The van der Waals surface area contributed by atoms with Crippen LogP contribution < -0.4 is 5.73 Å². The van der Waals surface area contributed by atoms with Gasteiger partial charge in [0.05, 0.1) is 6.20 Å². The smallest absolute Gasteiger partial charge is 0.244 e. The molecular weight excluding hydrogens is 228 g/mol. The van der Waals surface area contributed by atoms with Gasteiger partial charge in [-0.3, -0.25) is 9.48 Å². The summed E-state index contributed by atoms with van der Waals surface area (Å²) in [6.07, 6.45) is 5.88. The van der Waals surface area contributed by atoms with Gasteiger partial charge in [0.2, 0.25) is 5.91 Å². The first kappa shape index (κ1) is 13.1. The van der Waals surface area contributed by atoms with Crippen LogP contribution in [0.3, 0.4) is 0 Å². The van der Waals surface area contributed by atoms with Gasteiger partial charge in [-0.1, -0.05) is 13.3 Å². The van der Waals surface area contributed by atoms with Gasteiger partial charge in [-0.15, -0.1) is 0 Å². The number of carbonyl (C=O) groups excluding carboxylic acids is 1. The Morgan fingerprint density at radius 3 is 2.94 bits per heavy atom. The van der Waals surface area contributed by atoms with Crippen LogP contribution in [0, 0.1) is 12.8 Å². The normalized spacial score (nSPS) is 23.6. The van der Waals surface area contributed by atoms with Gasteiger partial charge in [-0.25, -0.2) is 0 Å². The van der Waals surface area contributed by atoms with Crippen molar-refractivity contribution < 1.29 is 4.79 Å². The lowest BCUT2D eigenvalue weighted by atomic mass is 9.99. The molecule has 1 aliphatic rings. The fourth-order valence-corrected chi connectivity index (χ4v) is 2.57. The van der Waals surface area contributed by atoms with Crippen LogP contribution in [-0.2, 0) is 11.3 Å². The fourth-order valence-electron chi connectivity index (χ4n) is 2.57. The van der Waals surface area contributed by atoms with Gasteiger partial charge in [-0.2, -0.15) is 5.10 Å². The van der Waals surface area contributed by atoms with Crippen LogP contribution in [0.1, 0.15) is 25.3 Å². The minimum atomic E-state index is 0.118. The molecule has 5 nitrogen and oxygen atoms in total. The topological polar surface area (TPSA) is 64.2 Å². The summed E-state index contributed by atoms with van der Waals surface area (Å²) < 4.78 is 1.69. The second-order valence-corrected chi connectivity index (χ2v) is 5.23. The molecule has 1 aromatic rings. The Morgan fingerprint density at radius 1 is 1.56 bits per heavy atom. The van der Waals surface area contributed by atoms with Crippen LogP contribution >= 0.6 is 0 Å². The average molecular weight is 250 g/mol. The minimum absolute atomic E-state index is 0.118. The molecule has 0 unspecified atom stereocenters. The van der Waals surface area contributed by atoms with Gasteiger partial charge >= 0.3 is 0 Å². The number of hydrogen-bond donors (Lipinski definition) is 1. The maximum Gasteiger partial charge on any atom is 0.244 e. The molecule has 2 atom stereocenters. The van der Waals surface area contributed by atoms with Crippen molar-refractivity contribution in [2.24, 2.45) is 11.7 Å². The molecule has 1 aliphatic heterocycles. The molecule has 2 rings (SSSR count). The van der Waals surface area contributed by atoms with Gasteiger partial charge in [0.25, 0.3) is 0 Å². The van der Waals surface area contributed by atoms with E-state index >= 15 is 0 Å². The molecule has 0 bridgehead atoms. The third-order valence-corrected chi connectivity index (χ3v) is 3.56. The van der Waals surface area contributed by atoms with E-state index in [1.807, 2.05) is 18.0 Å². The third kappa shape index (κ3) is 2.90. The highest BCUT2D eigenvalue weighted by molar-refractivity contribution is 5.76. The van der Waals surface area contributed by atoms with Crippen LogP contribution in [-0.4, -0.2) is 39.7 Å². The molecule has 0 aliphatic carbocycles.